The van der Waals surface area contributed by atoms with E-state index in [1.807, 2.05) is 0 Å². The first-order valence-corrected chi connectivity index (χ1v) is 9.03. The van der Waals surface area contributed by atoms with E-state index in [1.165, 1.54) is 18.4 Å². The van der Waals surface area contributed by atoms with Gasteiger partial charge in [-0.05, 0) is 45.1 Å². The highest BCUT2D eigenvalue weighted by atomic mass is 32.2. The van der Waals surface area contributed by atoms with E-state index in [9.17, 15) is 8.42 Å². The molecular formula is C14H28N2O2S. The molecule has 2 N–H and O–H groups in total. The number of sulfonamides is 1. The van der Waals surface area contributed by atoms with Crippen LogP contribution >= 0.6 is 0 Å². The van der Waals surface area contributed by atoms with Crippen LogP contribution in [-0.4, -0.2) is 33.3 Å². The summed E-state index contributed by atoms with van der Waals surface area (Å²) in [4.78, 5) is 0. The molecule has 0 heterocycles. The highest BCUT2D eigenvalue weighted by molar-refractivity contribution is 7.89. The van der Waals surface area contributed by atoms with Crippen molar-refractivity contribution in [1.29, 1.82) is 0 Å². The fourth-order valence-electron chi connectivity index (χ4n) is 2.22. The molecule has 4 nitrogen and oxygen atoms in total. The van der Waals surface area contributed by atoms with E-state index in [4.69, 9.17) is 0 Å². The smallest absolute Gasteiger partial charge is 0.211 e. The standard InChI is InChI=1S/C14H28N2O2S/c1-13(2)15-10-6-12-19(17,18)16-11-9-14-7-4-3-5-8-14/h7,13,15-16H,3-6,8-12H2,1-2H3. The molecule has 0 aromatic carbocycles. The number of hydrogen-bond donors (Lipinski definition) is 2. The predicted octanol–water partition coefficient (Wildman–Crippen LogP) is 2.18. The van der Waals surface area contributed by atoms with Gasteiger partial charge < -0.3 is 5.32 Å². The lowest BCUT2D eigenvalue weighted by molar-refractivity contribution is 0.560. The molecule has 1 aliphatic carbocycles. The molecule has 1 rings (SSSR count). The number of allylic oxidation sites excluding steroid dienone is 1. The summed E-state index contributed by atoms with van der Waals surface area (Å²) in [6, 6.07) is 0.411. The van der Waals surface area contributed by atoms with Gasteiger partial charge >= 0.3 is 0 Å². The molecule has 0 spiro atoms. The van der Waals surface area contributed by atoms with Gasteiger partial charge in [0.2, 0.25) is 10.0 Å². The lowest BCUT2D eigenvalue weighted by atomic mass is 9.97. The van der Waals surface area contributed by atoms with Crippen molar-refractivity contribution in [2.24, 2.45) is 0 Å². The molecule has 0 aromatic heterocycles. The lowest BCUT2D eigenvalue weighted by Gasteiger charge is -2.13. The molecule has 0 radical (unpaired) electrons. The van der Waals surface area contributed by atoms with Crippen LogP contribution in [0.25, 0.3) is 0 Å². The average Bonchev–Trinajstić information content (AvgIpc) is 2.36. The van der Waals surface area contributed by atoms with Crippen molar-refractivity contribution < 1.29 is 8.42 Å². The summed E-state index contributed by atoms with van der Waals surface area (Å²) in [5, 5.41) is 3.22. The second-order valence-electron chi connectivity index (χ2n) is 5.53. The summed E-state index contributed by atoms with van der Waals surface area (Å²) in [7, 11) is -3.10. The first kappa shape index (κ1) is 16.7. The molecule has 5 heteroatoms. The van der Waals surface area contributed by atoms with Crippen molar-refractivity contribution in [3.63, 3.8) is 0 Å². The largest absolute Gasteiger partial charge is 0.314 e. The van der Waals surface area contributed by atoms with Crippen LogP contribution in [0.2, 0.25) is 0 Å². The minimum absolute atomic E-state index is 0.214. The third-order valence-corrected chi connectivity index (χ3v) is 4.77. The Hall–Kier alpha value is -0.390. The van der Waals surface area contributed by atoms with Crippen LogP contribution in [-0.2, 0) is 10.0 Å². The summed E-state index contributed by atoms with van der Waals surface area (Å²) in [5.74, 6) is 0.214. The van der Waals surface area contributed by atoms with Gasteiger partial charge in [0, 0.05) is 12.6 Å². The van der Waals surface area contributed by atoms with Gasteiger partial charge in [-0.15, -0.1) is 0 Å². The van der Waals surface area contributed by atoms with Crippen molar-refractivity contribution in [2.75, 3.05) is 18.8 Å². The highest BCUT2D eigenvalue weighted by Gasteiger charge is 2.10. The second kappa shape index (κ2) is 8.72. The predicted molar refractivity (Wildman–Crippen MR) is 80.7 cm³/mol. The average molecular weight is 288 g/mol. The Labute approximate surface area is 118 Å². The Kier molecular flexibility index (Phi) is 7.64. The van der Waals surface area contributed by atoms with Crippen LogP contribution < -0.4 is 10.0 Å². The van der Waals surface area contributed by atoms with Crippen LogP contribution in [0.4, 0.5) is 0 Å². The number of rotatable bonds is 9. The Bertz CT molecular complexity index is 375. The zero-order valence-corrected chi connectivity index (χ0v) is 13.1. The zero-order chi connectivity index (χ0) is 14.1. The molecule has 0 unspecified atom stereocenters. The van der Waals surface area contributed by atoms with E-state index in [1.54, 1.807) is 0 Å². The third-order valence-electron chi connectivity index (χ3n) is 3.30. The van der Waals surface area contributed by atoms with Gasteiger partial charge in [-0.1, -0.05) is 25.5 Å². The van der Waals surface area contributed by atoms with Crippen molar-refractivity contribution >= 4 is 10.0 Å². The summed E-state index contributed by atoms with van der Waals surface area (Å²) in [5.41, 5.74) is 1.41. The molecule has 0 saturated heterocycles. The van der Waals surface area contributed by atoms with E-state index in [0.29, 0.717) is 19.0 Å². The Morgan fingerprint density at radius 2 is 2.05 bits per heavy atom. The first-order valence-electron chi connectivity index (χ1n) is 7.38. The quantitative estimate of drug-likeness (QED) is 0.505. The van der Waals surface area contributed by atoms with Crippen LogP contribution in [0.5, 0.6) is 0 Å². The van der Waals surface area contributed by atoms with E-state index in [2.05, 4.69) is 30.0 Å². The van der Waals surface area contributed by atoms with Gasteiger partial charge in [0.1, 0.15) is 0 Å². The Balaban J connectivity index is 2.14. The summed E-state index contributed by atoms with van der Waals surface area (Å²) in [6.45, 7) is 5.42. The Morgan fingerprint density at radius 3 is 2.68 bits per heavy atom. The maximum absolute atomic E-state index is 11.8. The van der Waals surface area contributed by atoms with Gasteiger partial charge in [-0.3, -0.25) is 0 Å². The van der Waals surface area contributed by atoms with E-state index < -0.39 is 10.0 Å². The molecule has 0 aliphatic heterocycles. The van der Waals surface area contributed by atoms with Crippen LogP contribution in [0.3, 0.4) is 0 Å². The number of hydrogen-bond acceptors (Lipinski definition) is 3. The molecule has 0 saturated carbocycles. The van der Waals surface area contributed by atoms with Crippen LogP contribution in [0, 0.1) is 0 Å². The van der Waals surface area contributed by atoms with Crippen LogP contribution in [0.1, 0.15) is 52.4 Å². The van der Waals surface area contributed by atoms with Crippen molar-refractivity contribution in [3.05, 3.63) is 11.6 Å². The minimum Gasteiger partial charge on any atom is -0.314 e. The van der Waals surface area contributed by atoms with E-state index >= 15 is 0 Å². The van der Waals surface area contributed by atoms with Gasteiger partial charge in [-0.25, -0.2) is 13.1 Å². The molecule has 0 atom stereocenters. The molecule has 19 heavy (non-hydrogen) atoms. The maximum Gasteiger partial charge on any atom is 0.211 e. The van der Waals surface area contributed by atoms with E-state index in [0.717, 1.165) is 25.8 Å². The summed E-state index contributed by atoms with van der Waals surface area (Å²) < 4.78 is 26.2. The molecule has 0 bridgehead atoms. The molecule has 0 aromatic rings. The SMILES string of the molecule is CC(C)NCCCS(=O)(=O)NCCC1=CCCCC1. The molecule has 112 valence electrons. The third kappa shape index (κ3) is 8.39. The number of nitrogens with one attached hydrogen (secondary N) is 2. The summed E-state index contributed by atoms with van der Waals surface area (Å²) >= 11 is 0. The Morgan fingerprint density at radius 1 is 1.26 bits per heavy atom. The van der Waals surface area contributed by atoms with Crippen molar-refractivity contribution in [2.45, 2.75) is 58.4 Å². The second-order valence-corrected chi connectivity index (χ2v) is 7.46. The van der Waals surface area contributed by atoms with Gasteiger partial charge in [-0.2, -0.15) is 0 Å². The molecule has 0 amide bonds. The highest BCUT2D eigenvalue weighted by Crippen LogP contribution is 2.19. The molecule has 1 aliphatic rings. The lowest BCUT2D eigenvalue weighted by Crippen LogP contribution is -2.30. The van der Waals surface area contributed by atoms with Gasteiger partial charge in [0.15, 0.2) is 0 Å². The normalized spacial score (nSPS) is 16.7. The van der Waals surface area contributed by atoms with Gasteiger partial charge in [0.05, 0.1) is 5.75 Å². The molecular weight excluding hydrogens is 260 g/mol. The fourth-order valence-corrected chi connectivity index (χ4v) is 3.31. The van der Waals surface area contributed by atoms with E-state index in [-0.39, 0.29) is 5.75 Å². The summed E-state index contributed by atoms with van der Waals surface area (Å²) in [6.07, 6.45) is 8.62. The van der Waals surface area contributed by atoms with Crippen molar-refractivity contribution in [1.82, 2.24) is 10.0 Å². The first-order chi connectivity index (χ1) is 8.99. The maximum atomic E-state index is 11.8. The van der Waals surface area contributed by atoms with Crippen LogP contribution in [0.15, 0.2) is 11.6 Å². The minimum atomic E-state index is -3.10. The van der Waals surface area contributed by atoms with Gasteiger partial charge in [0.25, 0.3) is 0 Å². The van der Waals surface area contributed by atoms with Crippen molar-refractivity contribution in [3.8, 4) is 0 Å². The fraction of sp³-hybridized carbons (Fsp3) is 0.857. The zero-order valence-electron chi connectivity index (χ0n) is 12.2. The molecule has 0 fully saturated rings. The topological polar surface area (TPSA) is 58.2 Å². The monoisotopic (exact) mass is 288 g/mol.